The van der Waals surface area contributed by atoms with Gasteiger partial charge in [-0.25, -0.2) is 39.9 Å². The minimum atomic E-state index is -1.05. The molecule has 0 aliphatic heterocycles. The number of nitriles is 5. The predicted octanol–water partition coefficient (Wildman–Crippen LogP) is 6.61. The van der Waals surface area contributed by atoms with Crippen molar-refractivity contribution in [3.63, 3.8) is 0 Å². The molecular weight excluding hydrogens is 588 g/mol. The minimum absolute atomic E-state index is 0.0864. The van der Waals surface area contributed by atoms with Crippen LogP contribution >= 0.6 is 0 Å². The third-order valence-electron chi connectivity index (χ3n) is 7.08. The maximum Gasteiger partial charge on any atom is 0.270 e. The zero-order valence-electron chi connectivity index (χ0n) is 22.6. The first-order valence-electron chi connectivity index (χ1n) is 12.3. The van der Waals surface area contributed by atoms with E-state index in [-0.39, 0.29) is 83.8 Å². The second-order valence-electron chi connectivity index (χ2n) is 9.10. The molecule has 2 heterocycles. The Labute approximate surface area is 258 Å². The highest BCUT2D eigenvalue weighted by molar-refractivity contribution is 6.30. The van der Waals surface area contributed by atoms with Gasteiger partial charge in [0.05, 0.1) is 61.2 Å². The van der Waals surface area contributed by atoms with Crippen LogP contribution in [0.15, 0.2) is 42.0 Å². The first-order chi connectivity index (χ1) is 22.3. The summed E-state index contributed by atoms with van der Waals surface area (Å²) in [5, 5.41) is 50.6. The van der Waals surface area contributed by atoms with Gasteiger partial charge in [-0.2, -0.15) is 24.6 Å². The average Bonchev–Trinajstić information content (AvgIpc) is 3.57. The van der Waals surface area contributed by atoms with Gasteiger partial charge in [0.1, 0.15) is 12.1 Å². The van der Waals surface area contributed by atoms with Crippen molar-refractivity contribution >= 4 is 39.2 Å². The van der Waals surface area contributed by atoms with Crippen molar-refractivity contribution in [2.24, 2.45) is 0 Å². The first-order valence-corrected chi connectivity index (χ1v) is 12.3. The SMILES string of the molecule is [C-]#[N+]C1=C(c2cc(F)ncc2[N+]#[C-])/C(=C(/C#N)[N+]#[C-])c2cc3c(c(C#N)c21)C(C#N)=C(c1cc(F)ncc1C#N)/C3=C(\C#N)[N+]#[C-]. The van der Waals surface area contributed by atoms with Crippen molar-refractivity contribution in [3.8, 4) is 30.3 Å². The van der Waals surface area contributed by atoms with Crippen LogP contribution in [0.5, 0.6) is 0 Å². The van der Waals surface area contributed by atoms with Gasteiger partial charge in [-0.1, -0.05) is 0 Å². The van der Waals surface area contributed by atoms with E-state index >= 15 is 0 Å². The summed E-state index contributed by atoms with van der Waals surface area (Å²) in [7, 11) is 0. The van der Waals surface area contributed by atoms with Gasteiger partial charge in [0.25, 0.3) is 11.4 Å². The molecule has 0 unspecified atom stereocenters. The standard InChI is InChI=1S/C33H5F2N11/c1-41-22(11-39)30-18-5-19-29(21(10-38)27(18)20(9-37)28(30)16-6-25(34)45-13-15(16)8-36)33(44-4)32(31(19)23(12-40)42-2)17-7-26(35)46-14-24(17)43-3/h5-7,13-14H/b30-22+,31-23-. The Morgan fingerprint density at radius 1 is 0.652 bits per heavy atom. The zero-order chi connectivity index (χ0) is 33.3. The van der Waals surface area contributed by atoms with E-state index in [0.29, 0.717) is 0 Å². The van der Waals surface area contributed by atoms with E-state index in [1.807, 2.05) is 18.2 Å². The summed E-state index contributed by atoms with van der Waals surface area (Å²) in [5.41, 5.74) is -4.55. The van der Waals surface area contributed by atoms with Gasteiger partial charge in [0, 0.05) is 40.7 Å². The topological polar surface area (TPSA) is 162 Å². The summed E-state index contributed by atoms with van der Waals surface area (Å²) in [5.74, 6) is -2.10. The monoisotopic (exact) mass is 593 g/mol. The van der Waals surface area contributed by atoms with E-state index in [1.54, 1.807) is 12.1 Å². The molecule has 0 saturated heterocycles. The molecule has 0 spiro atoms. The number of fused-ring (bicyclic) bond motifs is 2. The van der Waals surface area contributed by atoms with Crippen LogP contribution < -0.4 is 0 Å². The molecular formula is C33H5F2N11. The summed E-state index contributed by atoms with van der Waals surface area (Å²) < 4.78 is 28.9. The summed E-state index contributed by atoms with van der Waals surface area (Å²) in [6.45, 7) is 31.0. The number of nitrogens with zero attached hydrogens (tertiary/aromatic N) is 11. The van der Waals surface area contributed by atoms with Crippen LogP contribution in [0.1, 0.15) is 44.5 Å². The molecule has 46 heavy (non-hydrogen) atoms. The van der Waals surface area contributed by atoms with Gasteiger partial charge in [-0.3, -0.25) is 0 Å². The molecule has 13 heteroatoms. The molecule has 0 radical (unpaired) electrons. The summed E-state index contributed by atoms with van der Waals surface area (Å²) in [6, 6.07) is 12.1. The van der Waals surface area contributed by atoms with Crippen molar-refractivity contribution in [1.29, 1.82) is 26.3 Å². The van der Waals surface area contributed by atoms with Crippen LogP contribution in [-0.4, -0.2) is 9.97 Å². The molecule has 0 amide bonds. The van der Waals surface area contributed by atoms with Gasteiger partial charge in [-0.05, 0) is 45.5 Å². The molecule has 1 aromatic carbocycles. The second kappa shape index (κ2) is 11.2. The summed E-state index contributed by atoms with van der Waals surface area (Å²) >= 11 is 0. The smallest absolute Gasteiger partial charge is 0.240 e. The largest absolute Gasteiger partial charge is 0.270 e. The van der Waals surface area contributed by atoms with Crippen LogP contribution in [0.25, 0.3) is 52.9 Å². The highest BCUT2D eigenvalue weighted by Crippen LogP contribution is 2.57. The Balaban J connectivity index is 2.09. The highest BCUT2D eigenvalue weighted by atomic mass is 19.1. The Kier molecular flexibility index (Phi) is 7.12. The van der Waals surface area contributed by atoms with Crippen LogP contribution in [-0.2, 0) is 0 Å². The average molecular weight is 593 g/mol. The Hall–Kier alpha value is -8.25. The Morgan fingerprint density at radius 3 is 1.76 bits per heavy atom. The van der Waals surface area contributed by atoms with E-state index in [1.165, 1.54) is 6.07 Å². The number of rotatable bonds is 2. The lowest BCUT2D eigenvalue weighted by Crippen LogP contribution is -1.99. The molecule has 2 aromatic heterocycles. The molecule has 0 N–H and O–H groups in total. The number of pyridine rings is 2. The highest BCUT2D eigenvalue weighted by Gasteiger charge is 2.41. The van der Waals surface area contributed by atoms with Gasteiger partial charge in [0.15, 0.2) is 0 Å². The summed E-state index contributed by atoms with van der Waals surface area (Å²) in [4.78, 5) is 20.4. The summed E-state index contributed by atoms with van der Waals surface area (Å²) in [6.07, 6.45) is 1.80. The molecule has 206 valence electrons. The minimum Gasteiger partial charge on any atom is -0.240 e. The van der Waals surface area contributed by atoms with Crippen LogP contribution in [0.4, 0.5) is 14.5 Å². The van der Waals surface area contributed by atoms with E-state index in [9.17, 15) is 35.1 Å². The molecule has 2 aliphatic carbocycles. The normalized spacial score (nSPS) is 14.5. The van der Waals surface area contributed by atoms with E-state index in [2.05, 4.69) is 29.3 Å². The van der Waals surface area contributed by atoms with Crippen molar-refractivity contribution < 1.29 is 8.78 Å². The molecule has 3 aromatic rings. The third-order valence-corrected chi connectivity index (χ3v) is 7.08. The van der Waals surface area contributed by atoms with Crippen molar-refractivity contribution in [2.75, 3.05) is 0 Å². The molecule has 2 aliphatic rings. The lowest BCUT2D eigenvalue weighted by molar-refractivity contribution is 0.583. The van der Waals surface area contributed by atoms with Crippen LogP contribution in [0, 0.1) is 94.8 Å². The Morgan fingerprint density at radius 2 is 1.24 bits per heavy atom. The fourth-order valence-corrected chi connectivity index (χ4v) is 5.42. The number of benzene rings is 1. The molecule has 11 nitrogen and oxygen atoms in total. The van der Waals surface area contributed by atoms with Gasteiger partial charge in [-0.15, -0.1) is 0 Å². The first kappa shape index (κ1) is 29.2. The van der Waals surface area contributed by atoms with Crippen molar-refractivity contribution in [2.45, 2.75) is 0 Å². The number of allylic oxidation sites excluding steroid dienone is 7. The van der Waals surface area contributed by atoms with Crippen LogP contribution in [0.3, 0.4) is 0 Å². The van der Waals surface area contributed by atoms with Gasteiger partial charge < -0.3 is 0 Å². The van der Waals surface area contributed by atoms with E-state index in [0.717, 1.165) is 24.5 Å². The predicted molar refractivity (Wildman–Crippen MR) is 155 cm³/mol. The quantitative estimate of drug-likeness (QED) is 0.183. The molecule has 0 saturated carbocycles. The lowest BCUT2D eigenvalue weighted by Gasteiger charge is -2.14. The van der Waals surface area contributed by atoms with Crippen molar-refractivity contribution in [1.82, 2.24) is 9.97 Å². The molecule has 0 atom stereocenters. The fraction of sp³-hybridized carbons (Fsp3) is 0. The van der Waals surface area contributed by atoms with E-state index < -0.39 is 23.3 Å². The van der Waals surface area contributed by atoms with E-state index in [4.69, 9.17) is 26.3 Å². The molecule has 0 bridgehead atoms. The van der Waals surface area contributed by atoms with Gasteiger partial charge in [0.2, 0.25) is 23.3 Å². The number of aromatic nitrogens is 2. The molecule has 5 rings (SSSR count). The second-order valence-corrected chi connectivity index (χ2v) is 9.10. The van der Waals surface area contributed by atoms with Gasteiger partial charge >= 0.3 is 0 Å². The lowest BCUT2D eigenvalue weighted by atomic mass is 9.88. The third kappa shape index (κ3) is 4.01. The Bertz CT molecular complexity index is 2340. The molecule has 0 fully saturated rings. The fourth-order valence-electron chi connectivity index (χ4n) is 5.42. The number of hydrogen-bond acceptors (Lipinski definition) is 7. The number of hydrogen-bond donors (Lipinski definition) is 0. The maximum absolute atomic E-state index is 14.5. The number of halogens is 2. The zero-order valence-corrected chi connectivity index (χ0v) is 22.6. The van der Waals surface area contributed by atoms with Crippen LogP contribution in [0.2, 0.25) is 0 Å². The maximum atomic E-state index is 14.5. The van der Waals surface area contributed by atoms with Crippen molar-refractivity contribution in [3.05, 3.63) is 144 Å².